The molecule has 1 atom stereocenters. The Morgan fingerprint density at radius 3 is 2.87 bits per heavy atom. The van der Waals surface area contributed by atoms with Crippen molar-refractivity contribution in [2.45, 2.75) is 17.3 Å². The minimum atomic E-state index is -0.286. The van der Waals surface area contributed by atoms with Crippen molar-refractivity contribution in [1.29, 1.82) is 0 Å². The lowest BCUT2D eigenvalue weighted by atomic mass is 10.3. The minimum absolute atomic E-state index is 0.0906. The third kappa shape index (κ3) is 3.32. The highest BCUT2D eigenvalue weighted by Crippen LogP contribution is 2.27. The van der Waals surface area contributed by atoms with Gasteiger partial charge in [0.2, 0.25) is 5.91 Å². The molecule has 118 valence electrons. The molecule has 3 rings (SSSR count). The first-order valence-corrected chi connectivity index (χ1v) is 8.09. The topological polar surface area (TPSA) is 55.6 Å². The molecule has 0 aliphatic heterocycles. The van der Waals surface area contributed by atoms with E-state index in [9.17, 15) is 4.79 Å². The van der Waals surface area contributed by atoms with Gasteiger partial charge in [-0.05, 0) is 31.2 Å². The Morgan fingerprint density at radius 2 is 2.04 bits per heavy atom. The zero-order valence-electron chi connectivity index (χ0n) is 12.9. The number of nitrogens with zero attached hydrogens (tertiary/aromatic N) is 2. The molecular weight excluding hydrogens is 310 g/mol. The number of methoxy groups -OCH3 is 1. The highest BCUT2D eigenvalue weighted by Gasteiger charge is 2.18. The van der Waals surface area contributed by atoms with E-state index in [2.05, 4.69) is 10.3 Å². The number of thioether (sulfide) groups is 1. The number of carbonyl (C=O) groups excluding carboxylic acids is 1. The number of fused-ring (bicyclic) bond motifs is 1. The average Bonchev–Trinajstić information content (AvgIpc) is 2.98. The number of pyridine rings is 1. The van der Waals surface area contributed by atoms with Gasteiger partial charge in [0.05, 0.1) is 29.8 Å². The fraction of sp³-hybridized carbons (Fsp3) is 0.176. The molecule has 0 saturated heterocycles. The maximum atomic E-state index is 12.4. The van der Waals surface area contributed by atoms with Crippen LogP contribution >= 0.6 is 11.8 Å². The molecule has 1 aromatic carbocycles. The van der Waals surface area contributed by atoms with Gasteiger partial charge in [0.25, 0.3) is 0 Å². The third-order valence-electron chi connectivity index (χ3n) is 3.42. The molecule has 1 amide bonds. The van der Waals surface area contributed by atoms with Crippen molar-refractivity contribution in [1.82, 2.24) is 9.38 Å². The van der Waals surface area contributed by atoms with Gasteiger partial charge in [-0.2, -0.15) is 0 Å². The number of benzene rings is 1. The van der Waals surface area contributed by atoms with Crippen molar-refractivity contribution in [3.05, 3.63) is 54.9 Å². The van der Waals surface area contributed by atoms with Crippen LogP contribution < -0.4 is 10.1 Å². The molecule has 5 nitrogen and oxygen atoms in total. The molecule has 0 bridgehead atoms. The maximum Gasteiger partial charge on any atom is 0.237 e. The van der Waals surface area contributed by atoms with Crippen molar-refractivity contribution in [2.75, 3.05) is 12.4 Å². The number of ether oxygens (including phenoxy) is 1. The Morgan fingerprint density at radius 1 is 1.26 bits per heavy atom. The Hall–Kier alpha value is -2.47. The van der Waals surface area contributed by atoms with Gasteiger partial charge >= 0.3 is 0 Å². The quantitative estimate of drug-likeness (QED) is 0.729. The van der Waals surface area contributed by atoms with Crippen LogP contribution in [0.2, 0.25) is 0 Å². The van der Waals surface area contributed by atoms with Crippen molar-refractivity contribution in [3.8, 4) is 5.75 Å². The Labute approximate surface area is 138 Å². The van der Waals surface area contributed by atoms with E-state index in [1.807, 2.05) is 60.0 Å². The van der Waals surface area contributed by atoms with Gasteiger partial charge in [0.1, 0.15) is 5.75 Å². The summed E-state index contributed by atoms with van der Waals surface area (Å²) in [5.41, 5.74) is 1.67. The second kappa shape index (κ2) is 6.75. The molecule has 0 fully saturated rings. The summed E-state index contributed by atoms with van der Waals surface area (Å²) in [6, 6.07) is 13.2. The molecule has 2 heterocycles. The molecule has 0 aliphatic rings. The summed E-state index contributed by atoms with van der Waals surface area (Å²) in [5, 5.41) is 3.41. The largest absolute Gasteiger partial charge is 0.495 e. The number of aromatic nitrogens is 2. The highest BCUT2D eigenvalue weighted by atomic mass is 32.2. The van der Waals surface area contributed by atoms with Gasteiger partial charge in [-0.15, -0.1) is 0 Å². The number of anilines is 1. The van der Waals surface area contributed by atoms with Crippen LogP contribution in [0.25, 0.3) is 5.52 Å². The fourth-order valence-electron chi connectivity index (χ4n) is 2.20. The van der Waals surface area contributed by atoms with Gasteiger partial charge in [0, 0.05) is 6.20 Å². The number of hydrogen-bond donors (Lipinski definition) is 1. The summed E-state index contributed by atoms with van der Waals surface area (Å²) < 4.78 is 7.22. The van der Waals surface area contributed by atoms with E-state index in [-0.39, 0.29) is 11.2 Å². The fourth-order valence-corrected chi connectivity index (χ4v) is 3.08. The van der Waals surface area contributed by atoms with Crippen molar-refractivity contribution < 1.29 is 9.53 Å². The lowest BCUT2D eigenvalue weighted by Crippen LogP contribution is -2.23. The number of carbonyl (C=O) groups is 1. The smallest absolute Gasteiger partial charge is 0.237 e. The van der Waals surface area contributed by atoms with Crippen LogP contribution in [-0.2, 0) is 4.79 Å². The summed E-state index contributed by atoms with van der Waals surface area (Å²) in [4.78, 5) is 16.8. The molecule has 6 heteroatoms. The first-order chi connectivity index (χ1) is 11.2. The zero-order valence-corrected chi connectivity index (χ0v) is 13.7. The van der Waals surface area contributed by atoms with E-state index in [4.69, 9.17) is 4.74 Å². The molecule has 0 saturated carbocycles. The van der Waals surface area contributed by atoms with Crippen LogP contribution in [-0.4, -0.2) is 27.7 Å². The molecule has 3 aromatic rings. The Balaban J connectivity index is 1.73. The molecule has 1 unspecified atom stereocenters. The molecular formula is C17H17N3O2S. The van der Waals surface area contributed by atoms with E-state index >= 15 is 0 Å². The number of amides is 1. The van der Waals surface area contributed by atoms with Gasteiger partial charge < -0.3 is 10.1 Å². The second-order valence-electron chi connectivity index (χ2n) is 4.99. The molecule has 0 spiro atoms. The van der Waals surface area contributed by atoms with Crippen LogP contribution in [0.4, 0.5) is 5.69 Å². The highest BCUT2D eigenvalue weighted by molar-refractivity contribution is 8.00. The van der Waals surface area contributed by atoms with Crippen molar-refractivity contribution in [2.24, 2.45) is 0 Å². The van der Waals surface area contributed by atoms with Crippen LogP contribution in [0.3, 0.4) is 0 Å². The zero-order chi connectivity index (χ0) is 16.2. The first kappa shape index (κ1) is 15.4. The first-order valence-electron chi connectivity index (χ1n) is 7.21. The number of para-hydroxylation sites is 2. The van der Waals surface area contributed by atoms with E-state index in [1.54, 1.807) is 13.3 Å². The molecule has 1 N–H and O–H groups in total. The van der Waals surface area contributed by atoms with Crippen LogP contribution in [0, 0.1) is 0 Å². The van der Waals surface area contributed by atoms with E-state index in [0.29, 0.717) is 11.4 Å². The predicted octanol–water partition coefficient (Wildman–Crippen LogP) is 3.46. The number of imidazole rings is 1. The minimum Gasteiger partial charge on any atom is -0.495 e. The molecule has 2 aromatic heterocycles. The monoisotopic (exact) mass is 327 g/mol. The molecule has 0 radical (unpaired) electrons. The van der Waals surface area contributed by atoms with Gasteiger partial charge in [-0.25, -0.2) is 4.98 Å². The molecule has 0 aliphatic carbocycles. The lowest BCUT2D eigenvalue weighted by molar-refractivity contribution is -0.115. The average molecular weight is 327 g/mol. The van der Waals surface area contributed by atoms with E-state index < -0.39 is 0 Å². The standard InChI is InChI=1S/C17H17N3O2S/c1-12(16(21)19-14-8-3-4-9-15(14)22-2)23-17-18-11-13-7-5-6-10-20(13)17/h3-12H,1-2H3,(H,19,21). The number of hydrogen-bond acceptors (Lipinski definition) is 4. The van der Waals surface area contributed by atoms with Gasteiger partial charge in [0.15, 0.2) is 5.16 Å². The van der Waals surface area contributed by atoms with Crippen LogP contribution in [0.5, 0.6) is 5.75 Å². The van der Waals surface area contributed by atoms with E-state index in [1.165, 1.54) is 11.8 Å². The van der Waals surface area contributed by atoms with Crippen LogP contribution in [0.15, 0.2) is 60.0 Å². The van der Waals surface area contributed by atoms with E-state index in [0.717, 1.165) is 10.7 Å². The number of rotatable bonds is 5. The number of nitrogens with one attached hydrogen (secondary N) is 1. The Kier molecular flexibility index (Phi) is 4.52. The lowest BCUT2D eigenvalue weighted by Gasteiger charge is -2.13. The summed E-state index contributed by atoms with van der Waals surface area (Å²) in [7, 11) is 1.58. The summed E-state index contributed by atoms with van der Waals surface area (Å²) in [5.74, 6) is 0.552. The normalized spacial score (nSPS) is 12.1. The summed E-state index contributed by atoms with van der Waals surface area (Å²) >= 11 is 1.42. The van der Waals surface area contributed by atoms with Crippen molar-refractivity contribution in [3.63, 3.8) is 0 Å². The summed E-state index contributed by atoms with van der Waals surface area (Å²) in [6.07, 6.45) is 3.74. The van der Waals surface area contributed by atoms with Crippen molar-refractivity contribution >= 4 is 28.9 Å². The summed E-state index contributed by atoms with van der Waals surface area (Å²) in [6.45, 7) is 1.86. The third-order valence-corrected chi connectivity index (χ3v) is 4.50. The predicted molar refractivity (Wildman–Crippen MR) is 92.1 cm³/mol. The van der Waals surface area contributed by atoms with Gasteiger partial charge in [-0.3, -0.25) is 9.20 Å². The molecule has 23 heavy (non-hydrogen) atoms. The Bertz CT molecular complexity index is 831. The van der Waals surface area contributed by atoms with Crippen LogP contribution in [0.1, 0.15) is 6.92 Å². The second-order valence-corrected chi connectivity index (χ2v) is 6.29. The van der Waals surface area contributed by atoms with Gasteiger partial charge in [-0.1, -0.05) is 30.0 Å². The SMILES string of the molecule is COc1ccccc1NC(=O)C(C)Sc1ncc2ccccn12. The maximum absolute atomic E-state index is 12.4.